The van der Waals surface area contributed by atoms with Gasteiger partial charge in [-0.05, 0) is 110 Å². The lowest BCUT2D eigenvalue weighted by molar-refractivity contribution is 1.17. The van der Waals surface area contributed by atoms with Gasteiger partial charge in [-0.3, -0.25) is 0 Å². The Balaban J connectivity index is 1.05. The number of hydrogen-bond acceptors (Lipinski definition) is 2. The maximum atomic E-state index is 2.43. The standard InChI is InChI=1S/C48H30N2S/c1-2-11-34-27-37(23-19-31(34)9-1)50-45-15-7-8-16-47(45)51-48-29-36(22-26-46(48)50)35-21-25-44-42(28-35)40-13-5-6-14-43(40)49(44)38-24-20-33-18-17-32-10-3-4-12-39(32)41(33)30-38/h1-30H. The minimum Gasteiger partial charge on any atom is -0.309 e. The van der Waals surface area contributed by atoms with Crippen molar-refractivity contribution >= 4 is 82.9 Å². The molecule has 238 valence electrons. The number of para-hydroxylation sites is 2. The topological polar surface area (TPSA) is 8.17 Å². The zero-order chi connectivity index (χ0) is 33.5. The van der Waals surface area contributed by atoms with E-state index in [0.717, 1.165) is 0 Å². The number of nitrogens with zero attached hydrogens (tertiary/aromatic N) is 2. The van der Waals surface area contributed by atoms with Gasteiger partial charge in [-0.25, -0.2) is 0 Å². The number of aromatic nitrogens is 1. The van der Waals surface area contributed by atoms with Crippen molar-refractivity contribution in [3.8, 4) is 16.8 Å². The minimum atomic E-state index is 1.17. The van der Waals surface area contributed by atoms with E-state index >= 15 is 0 Å². The van der Waals surface area contributed by atoms with Gasteiger partial charge in [0.05, 0.1) is 22.4 Å². The van der Waals surface area contributed by atoms with Crippen molar-refractivity contribution in [3.05, 3.63) is 182 Å². The Morgan fingerprint density at radius 3 is 1.88 bits per heavy atom. The van der Waals surface area contributed by atoms with Crippen molar-refractivity contribution in [2.75, 3.05) is 4.90 Å². The molecule has 0 N–H and O–H groups in total. The summed E-state index contributed by atoms with van der Waals surface area (Å²) in [5.74, 6) is 0. The summed E-state index contributed by atoms with van der Waals surface area (Å²) < 4.78 is 2.43. The first-order valence-electron chi connectivity index (χ1n) is 17.4. The Kier molecular flexibility index (Phi) is 6.22. The van der Waals surface area contributed by atoms with Gasteiger partial charge >= 0.3 is 0 Å². The maximum absolute atomic E-state index is 2.43. The van der Waals surface area contributed by atoms with Gasteiger partial charge in [0.1, 0.15) is 0 Å². The van der Waals surface area contributed by atoms with Crippen LogP contribution in [0, 0.1) is 0 Å². The third-order valence-electron chi connectivity index (χ3n) is 10.5. The molecule has 2 heterocycles. The monoisotopic (exact) mass is 666 g/mol. The molecule has 0 radical (unpaired) electrons. The van der Waals surface area contributed by atoms with Gasteiger partial charge in [0.2, 0.25) is 0 Å². The van der Waals surface area contributed by atoms with Gasteiger partial charge in [-0.2, -0.15) is 0 Å². The van der Waals surface area contributed by atoms with Crippen molar-refractivity contribution in [2.24, 2.45) is 0 Å². The average molecular weight is 667 g/mol. The lowest BCUT2D eigenvalue weighted by Crippen LogP contribution is -2.14. The lowest BCUT2D eigenvalue weighted by Gasteiger charge is -2.33. The van der Waals surface area contributed by atoms with E-state index in [2.05, 4.69) is 191 Å². The zero-order valence-corrected chi connectivity index (χ0v) is 28.4. The van der Waals surface area contributed by atoms with E-state index in [1.54, 1.807) is 0 Å². The molecule has 0 spiro atoms. The molecule has 0 unspecified atom stereocenters. The van der Waals surface area contributed by atoms with Crippen molar-refractivity contribution in [1.29, 1.82) is 0 Å². The molecule has 0 saturated heterocycles. The molecule has 0 saturated carbocycles. The predicted octanol–water partition coefficient (Wildman–Crippen LogP) is 13.8. The van der Waals surface area contributed by atoms with Crippen LogP contribution in [0.2, 0.25) is 0 Å². The van der Waals surface area contributed by atoms with Gasteiger partial charge < -0.3 is 9.47 Å². The number of benzene rings is 9. The predicted molar refractivity (Wildman–Crippen MR) is 218 cm³/mol. The average Bonchev–Trinajstić information content (AvgIpc) is 3.53. The smallest absolute Gasteiger partial charge is 0.0602 e. The zero-order valence-electron chi connectivity index (χ0n) is 27.6. The molecule has 2 nitrogen and oxygen atoms in total. The Morgan fingerprint density at radius 1 is 0.333 bits per heavy atom. The van der Waals surface area contributed by atoms with Gasteiger partial charge in [0.25, 0.3) is 0 Å². The molecule has 11 rings (SSSR count). The maximum Gasteiger partial charge on any atom is 0.0602 e. The molecule has 1 aromatic heterocycles. The van der Waals surface area contributed by atoms with E-state index in [0.29, 0.717) is 0 Å². The first-order chi connectivity index (χ1) is 25.3. The molecule has 0 fully saturated rings. The van der Waals surface area contributed by atoms with Crippen LogP contribution in [-0.4, -0.2) is 4.57 Å². The summed E-state index contributed by atoms with van der Waals surface area (Å²) in [6.07, 6.45) is 0. The van der Waals surface area contributed by atoms with Crippen molar-refractivity contribution < 1.29 is 0 Å². The third-order valence-corrected chi connectivity index (χ3v) is 11.6. The van der Waals surface area contributed by atoms with Gasteiger partial charge in [-0.1, -0.05) is 127 Å². The van der Waals surface area contributed by atoms with Crippen LogP contribution in [0.3, 0.4) is 0 Å². The quantitative estimate of drug-likeness (QED) is 0.173. The molecule has 1 aliphatic rings. The molecule has 1 aliphatic heterocycles. The molecular formula is C48H30N2S. The second kappa shape index (κ2) is 11.1. The summed E-state index contributed by atoms with van der Waals surface area (Å²) in [6.45, 7) is 0. The molecule has 9 aromatic carbocycles. The highest BCUT2D eigenvalue weighted by molar-refractivity contribution is 7.99. The molecule has 0 atom stereocenters. The number of fused-ring (bicyclic) bond motifs is 9. The van der Waals surface area contributed by atoms with Crippen LogP contribution in [0.4, 0.5) is 17.1 Å². The molecule has 10 aromatic rings. The Labute approximate surface area is 299 Å². The largest absolute Gasteiger partial charge is 0.309 e. The number of hydrogen-bond donors (Lipinski definition) is 0. The van der Waals surface area contributed by atoms with Crippen LogP contribution < -0.4 is 4.90 Å². The van der Waals surface area contributed by atoms with Crippen LogP contribution >= 0.6 is 11.8 Å². The molecule has 0 amide bonds. The minimum absolute atomic E-state index is 1.17. The van der Waals surface area contributed by atoms with Crippen LogP contribution in [-0.2, 0) is 0 Å². The fraction of sp³-hybridized carbons (Fsp3) is 0. The van der Waals surface area contributed by atoms with Gasteiger partial charge in [0.15, 0.2) is 0 Å². The highest BCUT2D eigenvalue weighted by Gasteiger charge is 2.25. The van der Waals surface area contributed by atoms with Crippen LogP contribution in [0.25, 0.3) is 70.9 Å². The van der Waals surface area contributed by atoms with Crippen LogP contribution in [0.1, 0.15) is 0 Å². The lowest BCUT2D eigenvalue weighted by atomic mass is 10.0. The van der Waals surface area contributed by atoms with Crippen molar-refractivity contribution in [1.82, 2.24) is 4.57 Å². The molecular weight excluding hydrogens is 637 g/mol. The highest BCUT2D eigenvalue weighted by Crippen LogP contribution is 2.52. The Hall–Kier alpha value is -6.29. The van der Waals surface area contributed by atoms with Gasteiger partial charge in [-0.15, -0.1) is 0 Å². The Morgan fingerprint density at radius 2 is 0.961 bits per heavy atom. The van der Waals surface area contributed by atoms with E-state index in [1.807, 2.05) is 11.8 Å². The number of rotatable bonds is 3. The Bertz CT molecular complexity index is 3030. The second-order valence-corrected chi connectivity index (χ2v) is 14.5. The fourth-order valence-electron chi connectivity index (χ4n) is 8.09. The molecule has 0 aliphatic carbocycles. The SMILES string of the molecule is c1ccc2c(c1)Sc1cc(-c3ccc4c(c3)c3ccccc3n4-c3ccc4ccc5ccccc5c4c3)ccc1N2c1ccc2ccccc2c1. The first kappa shape index (κ1) is 28.5. The van der Waals surface area contributed by atoms with Crippen LogP contribution in [0.5, 0.6) is 0 Å². The summed E-state index contributed by atoms with van der Waals surface area (Å²) >= 11 is 1.86. The highest BCUT2D eigenvalue weighted by atomic mass is 32.2. The van der Waals surface area contributed by atoms with E-state index in [-0.39, 0.29) is 0 Å². The summed E-state index contributed by atoms with van der Waals surface area (Å²) in [7, 11) is 0. The van der Waals surface area contributed by atoms with Crippen molar-refractivity contribution in [3.63, 3.8) is 0 Å². The van der Waals surface area contributed by atoms with Crippen molar-refractivity contribution in [2.45, 2.75) is 9.79 Å². The van der Waals surface area contributed by atoms with Gasteiger partial charge in [0, 0.05) is 31.9 Å². The van der Waals surface area contributed by atoms with E-state index in [4.69, 9.17) is 0 Å². The summed E-state index contributed by atoms with van der Waals surface area (Å²) in [5, 5.41) is 10.1. The second-order valence-electron chi connectivity index (χ2n) is 13.4. The summed E-state index contributed by atoms with van der Waals surface area (Å²) in [5.41, 5.74) is 9.63. The third kappa shape index (κ3) is 4.45. The van der Waals surface area contributed by atoms with E-state index in [1.165, 1.54) is 97.8 Å². The molecule has 3 heteroatoms. The summed E-state index contributed by atoms with van der Waals surface area (Å²) in [4.78, 5) is 4.93. The first-order valence-corrected chi connectivity index (χ1v) is 18.2. The van der Waals surface area contributed by atoms with E-state index in [9.17, 15) is 0 Å². The molecule has 51 heavy (non-hydrogen) atoms. The normalized spacial score (nSPS) is 12.6. The summed E-state index contributed by atoms with van der Waals surface area (Å²) in [6, 6.07) is 66.9. The fourth-order valence-corrected chi connectivity index (χ4v) is 9.19. The van der Waals surface area contributed by atoms with Crippen LogP contribution in [0.15, 0.2) is 192 Å². The van der Waals surface area contributed by atoms with E-state index < -0.39 is 0 Å². The molecule has 0 bridgehead atoms. The number of anilines is 3.